The van der Waals surface area contributed by atoms with E-state index in [4.69, 9.17) is 5.90 Å². The minimum Gasteiger partial charge on any atom is -0.304 e. The van der Waals surface area contributed by atoms with Crippen LogP contribution in [0.15, 0.2) is 29.2 Å². The number of nitrogens with two attached hydrogens (primary N) is 1. The van der Waals surface area contributed by atoms with Gasteiger partial charge in [-0.3, -0.25) is 0 Å². The number of nitrogens with one attached hydrogen (secondary N) is 1. The predicted octanol–water partition coefficient (Wildman–Crippen LogP) is 0.808. The zero-order valence-electron chi connectivity index (χ0n) is 9.85. The summed E-state index contributed by atoms with van der Waals surface area (Å²) < 4.78 is 26.0. The number of hydrogen-bond acceptors (Lipinski definition) is 4. The molecule has 0 fully saturated rings. The highest BCUT2D eigenvalue weighted by Crippen LogP contribution is 2.10. The fraction of sp³-hybridized carbons (Fsp3) is 0.455. The Kier molecular flexibility index (Phi) is 5.57. The van der Waals surface area contributed by atoms with Gasteiger partial charge in [0.2, 0.25) is 10.0 Å². The van der Waals surface area contributed by atoms with Crippen LogP contribution in [-0.4, -0.2) is 21.6 Å². The van der Waals surface area contributed by atoms with Crippen LogP contribution in [0.4, 0.5) is 0 Å². The van der Waals surface area contributed by atoms with E-state index in [-0.39, 0.29) is 4.90 Å². The van der Waals surface area contributed by atoms with Crippen molar-refractivity contribution in [3.05, 3.63) is 29.8 Å². The maximum atomic E-state index is 11.8. The molecule has 0 atom stereocenters. The molecule has 3 N–H and O–H groups in total. The van der Waals surface area contributed by atoms with Gasteiger partial charge in [-0.25, -0.2) is 19.0 Å². The fourth-order valence-electron chi connectivity index (χ4n) is 1.33. The smallest absolute Gasteiger partial charge is 0.240 e. The molecule has 0 aliphatic rings. The van der Waals surface area contributed by atoms with Crippen molar-refractivity contribution in [2.75, 3.05) is 13.2 Å². The Morgan fingerprint density at radius 2 is 1.94 bits per heavy atom. The van der Waals surface area contributed by atoms with Gasteiger partial charge in [0.15, 0.2) is 0 Å². The van der Waals surface area contributed by atoms with Crippen molar-refractivity contribution >= 4 is 10.0 Å². The Bertz CT molecular complexity index is 429. The van der Waals surface area contributed by atoms with E-state index in [1.807, 2.05) is 6.92 Å². The van der Waals surface area contributed by atoms with Crippen molar-refractivity contribution in [2.45, 2.75) is 24.7 Å². The molecule has 0 bridgehead atoms. The van der Waals surface area contributed by atoms with Crippen molar-refractivity contribution in [1.82, 2.24) is 4.72 Å². The molecule has 0 aliphatic heterocycles. The van der Waals surface area contributed by atoms with E-state index >= 15 is 0 Å². The maximum absolute atomic E-state index is 11.8. The molecule has 0 aromatic heterocycles. The van der Waals surface area contributed by atoms with E-state index in [2.05, 4.69) is 9.56 Å². The first-order chi connectivity index (χ1) is 8.10. The first kappa shape index (κ1) is 14.1. The standard InChI is InChI=1S/C11H18N2O3S/c1-2-8-13-17(14,15)11-5-3-10(4-6-11)7-9-16-12/h3-6,13H,2,7-9,12H2,1H3. The maximum Gasteiger partial charge on any atom is 0.240 e. The second kappa shape index (κ2) is 6.70. The zero-order valence-corrected chi connectivity index (χ0v) is 10.7. The van der Waals surface area contributed by atoms with E-state index in [1.165, 1.54) is 0 Å². The van der Waals surface area contributed by atoms with Crippen LogP contribution in [-0.2, 0) is 21.3 Å². The van der Waals surface area contributed by atoms with Crippen molar-refractivity contribution < 1.29 is 13.3 Å². The zero-order chi connectivity index (χ0) is 12.7. The molecule has 0 saturated heterocycles. The van der Waals surface area contributed by atoms with Crippen LogP contribution in [0, 0.1) is 0 Å². The third-order valence-corrected chi connectivity index (χ3v) is 3.76. The molecule has 5 nitrogen and oxygen atoms in total. The molecule has 0 heterocycles. The normalized spacial score (nSPS) is 11.6. The van der Waals surface area contributed by atoms with Gasteiger partial charge in [-0.05, 0) is 30.5 Å². The third-order valence-electron chi connectivity index (χ3n) is 2.28. The van der Waals surface area contributed by atoms with Gasteiger partial charge in [0.1, 0.15) is 0 Å². The number of sulfonamides is 1. The van der Waals surface area contributed by atoms with Crippen LogP contribution in [0.2, 0.25) is 0 Å². The van der Waals surface area contributed by atoms with E-state index < -0.39 is 10.0 Å². The van der Waals surface area contributed by atoms with Gasteiger partial charge in [-0.15, -0.1) is 0 Å². The van der Waals surface area contributed by atoms with Crippen LogP contribution in [0.1, 0.15) is 18.9 Å². The molecule has 1 rings (SSSR count). The molecule has 0 radical (unpaired) electrons. The summed E-state index contributed by atoms with van der Waals surface area (Å²) in [6, 6.07) is 6.70. The quantitative estimate of drug-likeness (QED) is 0.709. The van der Waals surface area contributed by atoms with E-state index in [0.717, 1.165) is 12.0 Å². The Labute approximate surface area is 102 Å². The summed E-state index contributed by atoms with van der Waals surface area (Å²) in [5.41, 5.74) is 0.991. The predicted molar refractivity (Wildman–Crippen MR) is 65.8 cm³/mol. The van der Waals surface area contributed by atoms with Crippen molar-refractivity contribution in [3.63, 3.8) is 0 Å². The number of rotatable bonds is 7. The molecule has 96 valence electrons. The highest BCUT2D eigenvalue weighted by Gasteiger charge is 2.12. The molecule has 6 heteroatoms. The second-order valence-corrected chi connectivity index (χ2v) is 5.43. The summed E-state index contributed by atoms with van der Waals surface area (Å²) in [4.78, 5) is 4.75. The van der Waals surface area contributed by atoms with Gasteiger partial charge in [0, 0.05) is 6.54 Å². The average Bonchev–Trinajstić information content (AvgIpc) is 2.34. The molecule has 1 aromatic carbocycles. The first-order valence-electron chi connectivity index (χ1n) is 5.50. The summed E-state index contributed by atoms with van der Waals surface area (Å²) in [6.07, 6.45) is 1.43. The molecule has 1 aromatic rings. The number of benzene rings is 1. The van der Waals surface area contributed by atoms with Gasteiger partial charge in [0.05, 0.1) is 11.5 Å². The number of hydrogen-bond donors (Lipinski definition) is 2. The largest absolute Gasteiger partial charge is 0.304 e. The molecule has 0 amide bonds. The molecule has 0 aliphatic carbocycles. The third kappa shape index (κ3) is 4.43. The van der Waals surface area contributed by atoms with E-state index in [0.29, 0.717) is 19.6 Å². The lowest BCUT2D eigenvalue weighted by atomic mass is 10.2. The van der Waals surface area contributed by atoms with E-state index in [9.17, 15) is 8.42 Å². The minimum absolute atomic E-state index is 0.281. The molecule has 0 saturated carbocycles. The van der Waals surface area contributed by atoms with Crippen molar-refractivity contribution in [3.8, 4) is 0 Å². The van der Waals surface area contributed by atoms with Crippen LogP contribution in [0.3, 0.4) is 0 Å². The molecule has 17 heavy (non-hydrogen) atoms. The summed E-state index contributed by atoms with van der Waals surface area (Å²) in [5, 5.41) is 0. The van der Waals surface area contributed by atoms with Crippen LogP contribution < -0.4 is 10.6 Å². The van der Waals surface area contributed by atoms with Crippen LogP contribution >= 0.6 is 0 Å². The highest BCUT2D eigenvalue weighted by atomic mass is 32.2. The molecule has 0 spiro atoms. The lowest BCUT2D eigenvalue weighted by molar-refractivity contribution is 0.141. The average molecular weight is 258 g/mol. The van der Waals surface area contributed by atoms with Gasteiger partial charge in [-0.2, -0.15) is 0 Å². The first-order valence-corrected chi connectivity index (χ1v) is 6.98. The Morgan fingerprint density at radius 1 is 1.29 bits per heavy atom. The fourth-order valence-corrected chi connectivity index (χ4v) is 2.47. The highest BCUT2D eigenvalue weighted by molar-refractivity contribution is 7.89. The summed E-state index contributed by atoms with van der Waals surface area (Å²) in [5.74, 6) is 4.92. The van der Waals surface area contributed by atoms with Gasteiger partial charge in [-0.1, -0.05) is 19.1 Å². The molecule has 0 unspecified atom stereocenters. The lowest BCUT2D eigenvalue weighted by Gasteiger charge is -2.06. The summed E-state index contributed by atoms with van der Waals surface area (Å²) in [6.45, 7) is 2.78. The lowest BCUT2D eigenvalue weighted by Crippen LogP contribution is -2.24. The van der Waals surface area contributed by atoms with Gasteiger partial charge in [0.25, 0.3) is 0 Å². The topological polar surface area (TPSA) is 81.4 Å². The Morgan fingerprint density at radius 3 is 2.47 bits per heavy atom. The van der Waals surface area contributed by atoms with Crippen LogP contribution in [0.25, 0.3) is 0 Å². The Balaban J connectivity index is 2.73. The van der Waals surface area contributed by atoms with E-state index in [1.54, 1.807) is 24.3 Å². The van der Waals surface area contributed by atoms with Gasteiger partial charge >= 0.3 is 0 Å². The summed E-state index contributed by atoms with van der Waals surface area (Å²) >= 11 is 0. The van der Waals surface area contributed by atoms with Crippen molar-refractivity contribution in [1.29, 1.82) is 0 Å². The van der Waals surface area contributed by atoms with Crippen LogP contribution in [0.5, 0.6) is 0 Å². The second-order valence-electron chi connectivity index (χ2n) is 3.66. The molecular formula is C11H18N2O3S. The van der Waals surface area contributed by atoms with Gasteiger partial charge < -0.3 is 4.84 Å². The SMILES string of the molecule is CCCNS(=O)(=O)c1ccc(CCON)cc1. The molecular weight excluding hydrogens is 240 g/mol. The van der Waals surface area contributed by atoms with Crippen molar-refractivity contribution in [2.24, 2.45) is 5.90 Å². The monoisotopic (exact) mass is 258 g/mol. The minimum atomic E-state index is -3.37. The summed E-state index contributed by atoms with van der Waals surface area (Å²) in [7, 11) is -3.37. The Hall–Kier alpha value is -0.950.